The summed E-state index contributed by atoms with van der Waals surface area (Å²) in [5.74, 6) is 0.563. The third-order valence-corrected chi connectivity index (χ3v) is 3.34. The van der Waals surface area contributed by atoms with Crippen LogP contribution in [-0.4, -0.2) is 11.9 Å². The number of rotatable bonds is 3. The summed E-state index contributed by atoms with van der Waals surface area (Å²) in [6.07, 6.45) is -0.237. The second-order valence-electron chi connectivity index (χ2n) is 4.86. The predicted molar refractivity (Wildman–Crippen MR) is 79.6 cm³/mol. The number of carbonyl (C=O) groups excluding carboxylic acids is 2. The first-order valence-corrected chi connectivity index (χ1v) is 7.04. The molecular formula is C17H15NO4. The zero-order chi connectivity index (χ0) is 15.5. The van der Waals surface area contributed by atoms with Crippen molar-refractivity contribution in [1.29, 1.82) is 0 Å². The molecule has 0 aliphatic carbocycles. The molecule has 2 aromatic rings. The highest BCUT2D eigenvalue weighted by Gasteiger charge is 2.26. The van der Waals surface area contributed by atoms with Gasteiger partial charge in [-0.2, -0.15) is 0 Å². The number of nitrogens with one attached hydrogen (secondary N) is 1. The van der Waals surface area contributed by atoms with Crippen LogP contribution >= 0.6 is 0 Å². The van der Waals surface area contributed by atoms with Gasteiger partial charge in [-0.15, -0.1) is 0 Å². The van der Waals surface area contributed by atoms with Gasteiger partial charge in [0.15, 0.2) is 6.23 Å². The Hall–Kier alpha value is -2.82. The van der Waals surface area contributed by atoms with Gasteiger partial charge < -0.3 is 14.8 Å². The zero-order valence-corrected chi connectivity index (χ0v) is 12.0. The Morgan fingerprint density at radius 1 is 1.18 bits per heavy atom. The smallest absolute Gasteiger partial charge is 0.310 e. The molecule has 1 N–H and O–H groups in total. The summed E-state index contributed by atoms with van der Waals surface area (Å²) in [6, 6.07) is 14.0. The van der Waals surface area contributed by atoms with Crippen molar-refractivity contribution in [2.24, 2.45) is 0 Å². The van der Waals surface area contributed by atoms with Crippen LogP contribution in [0.4, 0.5) is 0 Å². The molecule has 1 atom stereocenters. The molecule has 3 rings (SSSR count). The van der Waals surface area contributed by atoms with Crippen molar-refractivity contribution in [2.75, 3.05) is 0 Å². The van der Waals surface area contributed by atoms with Gasteiger partial charge in [-0.3, -0.25) is 9.59 Å². The van der Waals surface area contributed by atoms with Crippen LogP contribution in [-0.2, 0) is 4.79 Å². The Morgan fingerprint density at radius 3 is 2.64 bits per heavy atom. The number of amides is 1. The molecule has 0 fully saturated rings. The Morgan fingerprint density at radius 2 is 1.91 bits per heavy atom. The van der Waals surface area contributed by atoms with E-state index in [-0.39, 0.29) is 11.9 Å². The van der Waals surface area contributed by atoms with Gasteiger partial charge >= 0.3 is 5.97 Å². The number of ether oxygens (including phenoxy) is 2. The molecule has 5 nitrogen and oxygen atoms in total. The Kier molecular flexibility index (Phi) is 3.78. The van der Waals surface area contributed by atoms with Crippen LogP contribution in [0.5, 0.6) is 11.5 Å². The summed E-state index contributed by atoms with van der Waals surface area (Å²) in [6.45, 7) is 1.74. The molecule has 0 radical (unpaired) electrons. The Balaban J connectivity index is 1.78. The molecule has 0 unspecified atom stereocenters. The van der Waals surface area contributed by atoms with Crippen LogP contribution in [0, 0.1) is 0 Å². The fourth-order valence-electron chi connectivity index (χ4n) is 2.18. The lowest BCUT2D eigenvalue weighted by atomic mass is 10.1. The van der Waals surface area contributed by atoms with Crippen molar-refractivity contribution in [3.8, 4) is 11.5 Å². The van der Waals surface area contributed by atoms with E-state index in [2.05, 4.69) is 5.32 Å². The van der Waals surface area contributed by atoms with Crippen molar-refractivity contribution in [2.45, 2.75) is 19.6 Å². The molecule has 1 aliphatic rings. The lowest BCUT2D eigenvalue weighted by Gasteiger charge is -2.27. The summed E-state index contributed by atoms with van der Waals surface area (Å²) in [5.41, 5.74) is 1.30. The van der Waals surface area contributed by atoms with Crippen molar-refractivity contribution in [1.82, 2.24) is 5.32 Å². The fourth-order valence-corrected chi connectivity index (χ4v) is 2.18. The van der Waals surface area contributed by atoms with Crippen LogP contribution < -0.4 is 14.8 Å². The summed E-state index contributed by atoms with van der Waals surface area (Å²) in [4.78, 5) is 23.3. The van der Waals surface area contributed by atoms with E-state index in [9.17, 15) is 9.59 Å². The average molecular weight is 297 g/mol. The minimum absolute atomic E-state index is 0.173. The van der Waals surface area contributed by atoms with Crippen LogP contribution in [0.25, 0.3) is 0 Å². The van der Waals surface area contributed by atoms with E-state index in [1.54, 1.807) is 49.4 Å². The summed E-state index contributed by atoms with van der Waals surface area (Å²) in [5, 5.41) is 2.79. The lowest BCUT2D eigenvalue weighted by molar-refractivity contribution is -0.134. The third kappa shape index (κ3) is 2.79. The summed E-state index contributed by atoms with van der Waals surface area (Å²) >= 11 is 0. The topological polar surface area (TPSA) is 64.6 Å². The molecule has 0 spiro atoms. The molecule has 112 valence electrons. The van der Waals surface area contributed by atoms with Crippen LogP contribution in [0.1, 0.15) is 35.5 Å². The Bertz CT molecular complexity index is 709. The van der Waals surface area contributed by atoms with Crippen LogP contribution in [0.3, 0.4) is 0 Å². The van der Waals surface area contributed by atoms with Gasteiger partial charge in [-0.1, -0.05) is 19.1 Å². The largest absolute Gasteiger partial charge is 0.466 e. The highest BCUT2D eigenvalue weighted by Crippen LogP contribution is 2.29. The fraction of sp³-hybridized carbons (Fsp3) is 0.176. The third-order valence-electron chi connectivity index (χ3n) is 3.34. The van der Waals surface area contributed by atoms with Crippen molar-refractivity contribution < 1.29 is 19.1 Å². The molecule has 0 bridgehead atoms. The Labute approximate surface area is 127 Å². The number of esters is 1. The molecule has 0 saturated heterocycles. The molecule has 22 heavy (non-hydrogen) atoms. The predicted octanol–water partition coefficient (Wildman–Crippen LogP) is 2.82. The first-order chi connectivity index (χ1) is 10.7. The van der Waals surface area contributed by atoms with Crippen LogP contribution in [0.2, 0.25) is 0 Å². The maximum Gasteiger partial charge on any atom is 0.310 e. The van der Waals surface area contributed by atoms with E-state index < -0.39 is 6.23 Å². The van der Waals surface area contributed by atoms with Gasteiger partial charge in [-0.05, 0) is 36.4 Å². The summed E-state index contributed by atoms with van der Waals surface area (Å²) in [7, 11) is 0. The van der Waals surface area contributed by atoms with E-state index in [1.807, 2.05) is 6.07 Å². The van der Waals surface area contributed by atoms with Crippen molar-refractivity contribution >= 4 is 11.9 Å². The van der Waals surface area contributed by atoms with Crippen LogP contribution in [0.15, 0.2) is 48.5 Å². The maximum absolute atomic E-state index is 12.1. The molecule has 0 saturated carbocycles. The molecule has 1 heterocycles. The highest BCUT2D eigenvalue weighted by molar-refractivity contribution is 5.97. The number of benzene rings is 2. The SMILES string of the molecule is CCC(=O)Oc1ccc([C@@H]2NC(=O)c3ccccc3O2)cc1. The number of hydrogen-bond donors (Lipinski definition) is 1. The van der Waals surface area contributed by atoms with Crippen molar-refractivity contribution in [3.63, 3.8) is 0 Å². The molecule has 0 aromatic heterocycles. The molecule has 1 aliphatic heterocycles. The monoisotopic (exact) mass is 297 g/mol. The molecule has 1 amide bonds. The maximum atomic E-state index is 12.1. The lowest BCUT2D eigenvalue weighted by Crippen LogP contribution is -2.36. The van der Waals surface area contributed by atoms with Gasteiger partial charge in [0.05, 0.1) is 5.56 Å². The normalized spacial score (nSPS) is 16.2. The molecule has 2 aromatic carbocycles. The van der Waals surface area contributed by atoms with E-state index >= 15 is 0 Å². The minimum Gasteiger partial charge on any atom is -0.466 e. The van der Waals surface area contributed by atoms with Gasteiger partial charge in [0, 0.05) is 12.0 Å². The van der Waals surface area contributed by atoms with Crippen molar-refractivity contribution in [3.05, 3.63) is 59.7 Å². The first-order valence-electron chi connectivity index (χ1n) is 7.04. The standard InChI is InChI=1S/C17H15NO4/c1-2-15(19)21-12-9-7-11(8-10-12)17-18-16(20)13-5-3-4-6-14(13)22-17/h3-10,17H,2H2,1H3,(H,18,20)/t17-/m1/s1. The number of hydrogen-bond acceptors (Lipinski definition) is 4. The molecule has 5 heteroatoms. The number of carbonyl (C=O) groups is 2. The van der Waals surface area contributed by atoms with Gasteiger partial charge in [-0.25, -0.2) is 0 Å². The second kappa shape index (κ2) is 5.89. The van der Waals surface area contributed by atoms with E-state index in [4.69, 9.17) is 9.47 Å². The quantitative estimate of drug-likeness (QED) is 0.699. The van der Waals surface area contributed by atoms with E-state index in [1.165, 1.54) is 0 Å². The molecular weight excluding hydrogens is 282 g/mol. The van der Waals surface area contributed by atoms with Gasteiger partial charge in [0.2, 0.25) is 0 Å². The summed E-state index contributed by atoms with van der Waals surface area (Å²) < 4.78 is 10.9. The van der Waals surface area contributed by atoms with E-state index in [0.717, 1.165) is 5.56 Å². The highest BCUT2D eigenvalue weighted by atomic mass is 16.5. The average Bonchev–Trinajstić information content (AvgIpc) is 2.55. The van der Waals surface area contributed by atoms with Gasteiger partial charge in [0.1, 0.15) is 11.5 Å². The minimum atomic E-state index is -0.557. The zero-order valence-electron chi connectivity index (χ0n) is 12.0. The van der Waals surface area contributed by atoms with E-state index in [0.29, 0.717) is 23.5 Å². The van der Waals surface area contributed by atoms with Gasteiger partial charge in [0.25, 0.3) is 5.91 Å². The second-order valence-corrected chi connectivity index (χ2v) is 4.86. The number of para-hydroxylation sites is 1. The number of fused-ring (bicyclic) bond motifs is 1. The first kappa shape index (κ1) is 14.1.